The van der Waals surface area contributed by atoms with Crippen LogP contribution in [0, 0.1) is 0 Å². The largest absolute Gasteiger partial charge is 0.480 e. The van der Waals surface area contributed by atoms with Crippen LogP contribution >= 0.6 is 0 Å². The number of carboxylic acids is 1. The average Bonchev–Trinajstić information content (AvgIpc) is 2.46. The zero-order valence-electron chi connectivity index (χ0n) is 10.9. The van der Waals surface area contributed by atoms with Crippen molar-refractivity contribution in [1.82, 2.24) is 15.0 Å². The third-order valence-corrected chi connectivity index (χ3v) is 2.91. The molecule has 0 aliphatic rings. The molecular weight excluding hydrogens is 260 g/mol. The quantitative estimate of drug-likeness (QED) is 0.485. The Morgan fingerprint density at radius 2 is 2.00 bits per heavy atom. The SMILES string of the molecule is CCC(C(=O)O)N(N)C(=O)c1cnc2ccccc2n1. The maximum Gasteiger partial charge on any atom is 0.328 e. The van der Waals surface area contributed by atoms with Gasteiger partial charge in [0.1, 0.15) is 11.7 Å². The first-order valence-corrected chi connectivity index (χ1v) is 6.07. The van der Waals surface area contributed by atoms with Crippen molar-refractivity contribution < 1.29 is 14.7 Å². The lowest BCUT2D eigenvalue weighted by Gasteiger charge is -2.22. The molecule has 0 saturated carbocycles. The summed E-state index contributed by atoms with van der Waals surface area (Å²) in [6.07, 6.45) is 1.50. The second-order valence-electron chi connectivity index (χ2n) is 4.22. The fraction of sp³-hybridized carbons (Fsp3) is 0.231. The van der Waals surface area contributed by atoms with E-state index in [2.05, 4.69) is 9.97 Å². The molecule has 0 aliphatic carbocycles. The second kappa shape index (κ2) is 5.62. The Hall–Kier alpha value is -2.54. The van der Waals surface area contributed by atoms with Crippen molar-refractivity contribution in [1.29, 1.82) is 0 Å². The Bertz CT molecular complexity index is 659. The van der Waals surface area contributed by atoms with Gasteiger partial charge < -0.3 is 5.11 Å². The Labute approximate surface area is 115 Å². The molecule has 0 saturated heterocycles. The molecule has 2 aromatic rings. The van der Waals surface area contributed by atoms with Crippen molar-refractivity contribution >= 4 is 22.9 Å². The lowest BCUT2D eigenvalue weighted by molar-refractivity contribution is -0.142. The van der Waals surface area contributed by atoms with Crippen molar-refractivity contribution in [3.8, 4) is 0 Å². The highest BCUT2D eigenvalue weighted by atomic mass is 16.4. The topological polar surface area (TPSA) is 109 Å². The minimum Gasteiger partial charge on any atom is -0.480 e. The molecule has 1 unspecified atom stereocenters. The van der Waals surface area contributed by atoms with Gasteiger partial charge in [0.15, 0.2) is 0 Å². The van der Waals surface area contributed by atoms with Gasteiger partial charge in [-0.1, -0.05) is 19.1 Å². The van der Waals surface area contributed by atoms with Crippen LogP contribution in [-0.4, -0.2) is 38.0 Å². The van der Waals surface area contributed by atoms with Crippen LogP contribution in [-0.2, 0) is 4.79 Å². The first-order valence-electron chi connectivity index (χ1n) is 6.07. The smallest absolute Gasteiger partial charge is 0.328 e. The number of hydrogen-bond acceptors (Lipinski definition) is 5. The third-order valence-electron chi connectivity index (χ3n) is 2.91. The van der Waals surface area contributed by atoms with Crippen LogP contribution in [0.2, 0.25) is 0 Å². The van der Waals surface area contributed by atoms with E-state index in [1.54, 1.807) is 25.1 Å². The molecule has 3 N–H and O–H groups in total. The van der Waals surface area contributed by atoms with Crippen molar-refractivity contribution in [2.45, 2.75) is 19.4 Å². The summed E-state index contributed by atoms with van der Waals surface area (Å²) < 4.78 is 0. The molecule has 1 aromatic heterocycles. The van der Waals surface area contributed by atoms with E-state index in [0.29, 0.717) is 16.0 Å². The first-order chi connectivity index (χ1) is 9.54. The maximum absolute atomic E-state index is 12.1. The predicted octanol–water partition coefficient (Wildman–Crippen LogP) is 0.809. The number of fused-ring (bicyclic) bond motifs is 1. The van der Waals surface area contributed by atoms with Crippen LogP contribution < -0.4 is 5.84 Å². The van der Waals surface area contributed by atoms with E-state index in [0.717, 1.165) is 0 Å². The van der Waals surface area contributed by atoms with Crippen LogP contribution in [0.1, 0.15) is 23.8 Å². The van der Waals surface area contributed by atoms with E-state index >= 15 is 0 Å². The number of amides is 1. The molecule has 20 heavy (non-hydrogen) atoms. The number of benzene rings is 1. The lowest BCUT2D eigenvalue weighted by atomic mass is 10.2. The highest BCUT2D eigenvalue weighted by molar-refractivity contribution is 5.95. The molecule has 0 spiro atoms. The predicted molar refractivity (Wildman–Crippen MR) is 71.6 cm³/mol. The van der Waals surface area contributed by atoms with Gasteiger partial charge in [0.05, 0.1) is 17.2 Å². The second-order valence-corrected chi connectivity index (χ2v) is 4.22. The number of aromatic nitrogens is 2. The average molecular weight is 274 g/mol. The molecule has 7 heteroatoms. The van der Waals surface area contributed by atoms with Crippen LogP contribution in [0.25, 0.3) is 11.0 Å². The molecule has 1 amide bonds. The van der Waals surface area contributed by atoms with Crippen LogP contribution in [0.4, 0.5) is 0 Å². The van der Waals surface area contributed by atoms with Gasteiger partial charge >= 0.3 is 5.97 Å². The number of para-hydroxylation sites is 2. The van der Waals surface area contributed by atoms with E-state index in [4.69, 9.17) is 10.9 Å². The lowest BCUT2D eigenvalue weighted by Crippen LogP contribution is -2.49. The molecule has 0 bridgehead atoms. The molecule has 7 nitrogen and oxygen atoms in total. The Kier molecular flexibility index (Phi) is 3.90. The minimum absolute atomic E-state index is 0.0194. The van der Waals surface area contributed by atoms with E-state index in [9.17, 15) is 9.59 Å². The van der Waals surface area contributed by atoms with Gasteiger partial charge in [-0.15, -0.1) is 0 Å². The summed E-state index contributed by atoms with van der Waals surface area (Å²) in [7, 11) is 0. The van der Waals surface area contributed by atoms with Gasteiger partial charge in [-0.3, -0.25) is 14.8 Å². The minimum atomic E-state index is -1.16. The number of carboxylic acid groups (broad SMARTS) is 1. The molecule has 104 valence electrons. The zero-order valence-corrected chi connectivity index (χ0v) is 10.9. The summed E-state index contributed by atoms with van der Waals surface area (Å²) in [6, 6.07) is 5.98. The zero-order chi connectivity index (χ0) is 14.7. The van der Waals surface area contributed by atoms with E-state index in [-0.39, 0.29) is 12.1 Å². The monoisotopic (exact) mass is 274 g/mol. The summed E-state index contributed by atoms with van der Waals surface area (Å²) in [6.45, 7) is 1.64. The van der Waals surface area contributed by atoms with Crippen molar-refractivity contribution in [2.24, 2.45) is 5.84 Å². The fourth-order valence-corrected chi connectivity index (χ4v) is 1.82. The number of hydrogen-bond donors (Lipinski definition) is 2. The van der Waals surface area contributed by atoms with Crippen LogP contribution in [0.15, 0.2) is 30.5 Å². The van der Waals surface area contributed by atoms with E-state index in [1.807, 2.05) is 6.07 Å². The molecule has 0 fully saturated rings. The van der Waals surface area contributed by atoms with Gasteiger partial charge in [-0.05, 0) is 18.6 Å². The van der Waals surface area contributed by atoms with Crippen molar-refractivity contribution in [3.63, 3.8) is 0 Å². The summed E-state index contributed by atoms with van der Waals surface area (Å²) in [5, 5.41) is 9.68. The van der Waals surface area contributed by atoms with Gasteiger partial charge in [0.25, 0.3) is 5.91 Å². The number of nitrogens with zero attached hydrogens (tertiary/aromatic N) is 3. The van der Waals surface area contributed by atoms with Gasteiger partial charge in [-0.2, -0.15) is 0 Å². The highest BCUT2D eigenvalue weighted by Gasteiger charge is 2.27. The van der Waals surface area contributed by atoms with Gasteiger partial charge in [-0.25, -0.2) is 15.6 Å². The first kappa shape index (κ1) is 13.9. The Morgan fingerprint density at radius 1 is 1.35 bits per heavy atom. The Morgan fingerprint density at radius 3 is 2.60 bits per heavy atom. The Balaban J connectivity index is 2.33. The molecular formula is C13H14N4O3. The van der Waals surface area contributed by atoms with Gasteiger partial charge in [0, 0.05) is 0 Å². The van der Waals surface area contributed by atoms with Crippen LogP contribution in [0.3, 0.4) is 0 Å². The van der Waals surface area contributed by atoms with Gasteiger partial charge in [0.2, 0.25) is 0 Å². The fourth-order valence-electron chi connectivity index (χ4n) is 1.82. The molecule has 1 aromatic carbocycles. The summed E-state index contributed by atoms with van der Waals surface area (Å²) in [5.74, 6) is 3.76. The van der Waals surface area contributed by atoms with Crippen LogP contribution in [0.5, 0.6) is 0 Å². The molecule has 1 atom stereocenters. The molecule has 1 heterocycles. The summed E-state index contributed by atoms with van der Waals surface area (Å²) in [5.41, 5.74) is 1.22. The highest BCUT2D eigenvalue weighted by Crippen LogP contribution is 2.11. The molecule has 2 rings (SSSR count). The number of hydrazine groups is 1. The number of carbonyl (C=O) groups is 2. The summed E-state index contributed by atoms with van der Waals surface area (Å²) >= 11 is 0. The molecule has 0 radical (unpaired) electrons. The normalized spacial score (nSPS) is 12.1. The standard InChI is InChI=1S/C13H14N4O3/c1-2-11(13(19)20)17(14)12(18)10-7-15-8-5-3-4-6-9(8)16-10/h3-7,11H,2,14H2,1H3,(H,19,20). The van der Waals surface area contributed by atoms with Crippen molar-refractivity contribution in [2.75, 3.05) is 0 Å². The third kappa shape index (κ3) is 2.57. The van der Waals surface area contributed by atoms with Crippen molar-refractivity contribution in [3.05, 3.63) is 36.2 Å². The number of aliphatic carboxylic acids is 1. The number of rotatable bonds is 4. The van der Waals surface area contributed by atoms with E-state index < -0.39 is 17.9 Å². The summed E-state index contributed by atoms with van der Waals surface area (Å²) in [4.78, 5) is 31.4. The number of nitrogens with two attached hydrogens (primary N) is 1. The number of carbonyl (C=O) groups excluding carboxylic acids is 1. The maximum atomic E-state index is 12.1. The van der Waals surface area contributed by atoms with E-state index in [1.165, 1.54) is 6.20 Å². The molecule has 0 aliphatic heterocycles.